The lowest BCUT2D eigenvalue weighted by Gasteiger charge is -2.21. The van der Waals surface area contributed by atoms with Gasteiger partial charge in [0.2, 0.25) is 0 Å². The number of nitrogens with two attached hydrogens (primary N) is 1. The van der Waals surface area contributed by atoms with Crippen molar-refractivity contribution in [2.75, 3.05) is 44.4 Å². The van der Waals surface area contributed by atoms with E-state index in [0.717, 1.165) is 36.7 Å². The van der Waals surface area contributed by atoms with Gasteiger partial charge in [-0.1, -0.05) is 0 Å². The summed E-state index contributed by atoms with van der Waals surface area (Å²) < 4.78 is 11.1. The number of nitrogens with one attached hydrogen (secondary N) is 1. The highest BCUT2D eigenvalue weighted by atomic mass is 16.6. The summed E-state index contributed by atoms with van der Waals surface area (Å²) in [4.78, 5) is 2.36. The molecule has 0 bridgehead atoms. The van der Waals surface area contributed by atoms with Crippen molar-refractivity contribution in [1.29, 1.82) is 0 Å². The molecule has 0 radical (unpaired) electrons. The Morgan fingerprint density at radius 3 is 2.52 bits per heavy atom. The van der Waals surface area contributed by atoms with Crippen LogP contribution in [0.3, 0.4) is 0 Å². The smallest absolute Gasteiger partial charge is 0.163 e. The zero-order valence-electron chi connectivity index (χ0n) is 13.3. The average molecular weight is 293 g/mol. The topological polar surface area (TPSA) is 59.8 Å². The van der Waals surface area contributed by atoms with Crippen molar-refractivity contribution < 1.29 is 9.47 Å². The van der Waals surface area contributed by atoms with Crippen molar-refractivity contribution in [1.82, 2.24) is 4.90 Å². The van der Waals surface area contributed by atoms with Crippen LogP contribution in [0.25, 0.3) is 0 Å². The van der Waals surface area contributed by atoms with Gasteiger partial charge in [0.15, 0.2) is 11.5 Å². The minimum Gasteiger partial charge on any atom is -0.486 e. The number of benzene rings is 1. The summed E-state index contributed by atoms with van der Waals surface area (Å²) in [6.45, 7) is 7.65. The summed E-state index contributed by atoms with van der Waals surface area (Å²) in [5.74, 6) is 1.51. The first kappa shape index (κ1) is 15.8. The average Bonchev–Trinajstić information content (AvgIpc) is 2.46. The predicted octanol–water partition coefficient (Wildman–Crippen LogP) is 2.57. The number of ether oxygens (including phenoxy) is 2. The summed E-state index contributed by atoms with van der Waals surface area (Å²) in [6, 6.07) is 4.37. The number of nitrogens with zero attached hydrogens (tertiary/aromatic N) is 1. The first-order chi connectivity index (χ1) is 10.1. The zero-order chi connectivity index (χ0) is 15.2. The maximum Gasteiger partial charge on any atom is 0.163 e. The summed E-state index contributed by atoms with van der Waals surface area (Å²) in [5, 5.41) is 3.39. The summed E-state index contributed by atoms with van der Waals surface area (Å²) in [5.41, 5.74) is 7.68. The molecule has 3 N–H and O–H groups in total. The highest BCUT2D eigenvalue weighted by Gasteiger charge is 2.14. The lowest BCUT2D eigenvalue weighted by molar-refractivity contribution is 0.172. The molecular weight excluding hydrogens is 266 g/mol. The Bertz CT molecular complexity index is 463. The number of hydrogen-bond acceptors (Lipinski definition) is 5. The quantitative estimate of drug-likeness (QED) is 0.598. The normalized spacial score (nSPS) is 13.8. The maximum absolute atomic E-state index is 6.04. The molecule has 1 heterocycles. The molecule has 0 saturated heterocycles. The third-order valence-corrected chi connectivity index (χ3v) is 3.85. The van der Waals surface area contributed by atoms with Gasteiger partial charge < -0.3 is 25.4 Å². The van der Waals surface area contributed by atoms with Crippen LogP contribution in [0, 0.1) is 0 Å². The molecule has 1 aliphatic rings. The monoisotopic (exact) mass is 293 g/mol. The number of anilines is 2. The maximum atomic E-state index is 6.04. The molecule has 1 aliphatic heterocycles. The van der Waals surface area contributed by atoms with Gasteiger partial charge in [0.1, 0.15) is 13.2 Å². The van der Waals surface area contributed by atoms with Gasteiger partial charge in [-0.25, -0.2) is 0 Å². The molecule has 21 heavy (non-hydrogen) atoms. The predicted molar refractivity (Wildman–Crippen MR) is 87.3 cm³/mol. The van der Waals surface area contributed by atoms with Gasteiger partial charge in [-0.3, -0.25) is 0 Å². The molecule has 5 heteroatoms. The Balaban J connectivity index is 1.78. The molecular formula is C16H27N3O2. The van der Waals surface area contributed by atoms with E-state index in [-0.39, 0.29) is 0 Å². The number of fused-ring (bicyclic) bond motifs is 1. The zero-order valence-corrected chi connectivity index (χ0v) is 13.3. The van der Waals surface area contributed by atoms with Crippen molar-refractivity contribution in [3.8, 4) is 11.5 Å². The Labute approximate surface area is 127 Å². The highest BCUT2D eigenvalue weighted by molar-refractivity contribution is 5.72. The summed E-state index contributed by atoms with van der Waals surface area (Å²) >= 11 is 0. The Kier molecular flexibility index (Phi) is 5.56. The van der Waals surface area contributed by atoms with E-state index in [2.05, 4.69) is 31.1 Å². The van der Waals surface area contributed by atoms with E-state index in [4.69, 9.17) is 15.2 Å². The fourth-order valence-electron chi connectivity index (χ4n) is 2.23. The van der Waals surface area contributed by atoms with Crippen LogP contribution in [0.1, 0.15) is 26.7 Å². The molecule has 0 fully saturated rings. The Morgan fingerprint density at radius 2 is 1.86 bits per heavy atom. The molecule has 5 nitrogen and oxygen atoms in total. The van der Waals surface area contributed by atoms with Crippen molar-refractivity contribution >= 4 is 11.4 Å². The largest absolute Gasteiger partial charge is 0.486 e. The second-order valence-electron chi connectivity index (χ2n) is 5.79. The second-order valence-corrected chi connectivity index (χ2v) is 5.79. The molecule has 0 spiro atoms. The first-order valence-electron chi connectivity index (χ1n) is 7.71. The van der Waals surface area contributed by atoms with Gasteiger partial charge in [0.05, 0.1) is 11.4 Å². The van der Waals surface area contributed by atoms with Crippen LogP contribution in [0.15, 0.2) is 12.1 Å². The number of rotatable bonds is 7. The van der Waals surface area contributed by atoms with E-state index in [1.165, 1.54) is 6.42 Å². The summed E-state index contributed by atoms with van der Waals surface area (Å²) in [7, 11) is 2.16. The molecule has 0 amide bonds. The lowest BCUT2D eigenvalue weighted by Crippen LogP contribution is -2.27. The van der Waals surface area contributed by atoms with Crippen LogP contribution in [-0.4, -0.2) is 44.3 Å². The molecule has 0 saturated carbocycles. The third kappa shape index (κ3) is 4.43. The van der Waals surface area contributed by atoms with E-state index in [0.29, 0.717) is 24.9 Å². The van der Waals surface area contributed by atoms with E-state index in [1.807, 2.05) is 12.1 Å². The highest BCUT2D eigenvalue weighted by Crippen LogP contribution is 2.36. The molecule has 0 unspecified atom stereocenters. The minimum absolute atomic E-state index is 0.586. The van der Waals surface area contributed by atoms with Crippen LogP contribution in [0.2, 0.25) is 0 Å². The van der Waals surface area contributed by atoms with Crippen LogP contribution >= 0.6 is 0 Å². The lowest BCUT2D eigenvalue weighted by atomic mass is 10.2. The molecule has 0 aromatic heterocycles. The van der Waals surface area contributed by atoms with Gasteiger partial charge in [-0.15, -0.1) is 0 Å². The van der Waals surface area contributed by atoms with E-state index in [1.54, 1.807) is 0 Å². The standard InChI is InChI=1S/C16H27N3O2/c1-12(2)19(3)7-5-4-6-18-14-11-16-15(10-13(14)17)20-8-9-21-16/h10-12,18H,4-9,17H2,1-3H3. The Morgan fingerprint density at radius 1 is 1.19 bits per heavy atom. The second kappa shape index (κ2) is 7.41. The van der Waals surface area contributed by atoms with E-state index >= 15 is 0 Å². The number of hydrogen-bond donors (Lipinski definition) is 2. The van der Waals surface area contributed by atoms with Crippen LogP contribution in [0.5, 0.6) is 11.5 Å². The van der Waals surface area contributed by atoms with Gasteiger partial charge in [-0.2, -0.15) is 0 Å². The van der Waals surface area contributed by atoms with Crippen molar-refractivity contribution in [3.63, 3.8) is 0 Å². The SMILES string of the molecule is CC(C)N(C)CCCCNc1cc2c(cc1N)OCCO2. The van der Waals surface area contributed by atoms with E-state index < -0.39 is 0 Å². The molecule has 2 rings (SSSR count). The number of unbranched alkanes of at least 4 members (excludes halogenated alkanes) is 1. The third-order valence-electron chi connectivity index (χ3n) is 3.85. The number of nitrogen functional groups attached to an aromatic ring is 1. The van der Waals surface area contributed by atoms with Crippen LogP contribution < -0.4 is 20.5 Å². The van der Waals surface area contributed by atoms with Crippen LogP contribution in [-0.2, 0) is 0 Å². The van der Waals surface area contributed by atoms with Crippen LogP contribution in [0.4, 0.5) is 11.4 Å². The summed E-state index contributed by atoms with van der Waals surface area (Å²) in [6.07, 6.45) is 2.29. The molecule has 0 atom stereocenters. The fraction of sp³-hybridized carbons (Fsp3) is 0.625. The molecule has 0 aliphatic carbocycles. The molecule has 1 aromatic carbocycles. The molecule has 118 valence electrons. The molecule has 1 aromatic rings. The van der Waals surface area contributed by atoms with Crippen molar-refractivity contribution in [3.05, 3.63) is 12.1 Å². The Hall–Kier alpha value is -1.62. The first-order valence-corrected chi connectivity index (χ1v) is 7.71. The van der Waals surface area contributed by atoms with Gasteiger partial charge >= 0.3 is 0 Å². The van der Waals surface area contributed by atoms with Gasteiger partial charge in [0.25, 0.3) is 0 Å². The van der Waals surface area contributed by atoms with Crippen molar-refractivity contribution in [2.24, 2.45) is 0 Å². The van der Waals surface area contributed by atoms with Crippen molar-refractivity contribution in [2.45, 2.75) is 32.7 Å². The van der Waals surface area contributed by atoms with Gasteiger partial charge in [-0.05, 0) is 40.3 Å². The fourth-order valence-corrected chi connectivity index (χ4v) is 2.23. The van der Waals surface area contributed by atoms with Gasteiger partial charge in [0, 0.05) is 24.7 Å². The van der Waals surface area contributed by atoms with E-state index in [9.17, 15) is 0 Å². The minimum atomic E-state index is 0.586.